The van der Waals surface area contributed by atoms with Crippen molar-refractivity contribution in [3.05, 3.63) is 23.9 Å². The Kier molecular flexibility index (Phi) is 6.63. The molecule has 0 atom stereocenters. The topological polar surface area (TPSA) is 83.6 Å². The van der Waals surface area contributed by atoms with Gasteiger partial charge in [-0.15, -0.1) is 6.42 Å². The average molecular weight is 344 g/mol. The van der Waals surface area contributed by atoms with Gasteiger partial charge in [-0.1, -0.05) is 5.92 Å². The first-order valence-electron chi connectivity index (χ1n) is 8.39. The number of hydrogen-bond acceptors (Lipinski definition) is 5. The quantitative estimate of drug-likeness (QED) is 0.797. The number of carbonyl (C=O) groups is 2. The second kappa shape index (κ2) is 8.92. The van der Waals surface area contributed by atoms with Crippen LogP contribution in [0.1, 0.15) is 37.0 Å². The molecule has 1 aromatic rings. The fourth-order valence-electron chi connectivity index (χ4n) is 2.54. The smallest absolute Gasteiger partial charge is 0.410 e. The third-order valence-electron chi connectivity index (χ3n) is 3.82. The first-order chi connectivity index (χ1) is 12.0. The zero-order chi connectivity index (χ0) is 18.2. The summed E-state index contributed by atoms with van der Waals surface area (Å²) in [5, 5.41) is 5.93. The number of pyridine rings is 1. The highest BCUT2D eigenvalue weighted by molar-refractivity contribution is 5.94. The Bertz CT molecular complexity index is 629. The van der Waals surface area contributed by atoms with E-state index in [2.05, 4.69) is 21.5 Å². The molecule has 2 rings (SSSR count). The maximum absolute atomic E-state index is 11.9. The lowest BCUT2D eigenvalue weighted by Crippen LogP contribution is -2.43. The van der Waals surface area contributed by atoms with Crippen LogP contribution in [0.2, 0.25) is 0 Å². The van der Waals surface area contributed by atoms with Crippen LogP contribution < -0.4 is 10.6 Å². The first-order valence-corrected chi connectivity index (χ1v) is 8.39. The summed E-state index contributed by atoms with van der Waals surface area (Å²) in [4.78, 5) is 29.6. The molecule has 2 heterocycles. The van der Waals surface area contributed by atoms with Gasteiger partial charge in [0.1, 0.15) is 5.82 Å². The molecule has 0 aromatic carbocycles. The molecule has 1 fully saturated rings. The number of piperidine rings is 1. The summed E-state index contributed by atoms with van der Waals surface area (Å²) in [6.45, 7) is 5.17. The Morgan fingerprint density at radius 2 is 2.12 bits per heavy atom. The third kappa shape index (κ3) is 5.68. The minimum atomic E-state index is -0.256. The average Bonchev–Trinajstić information content (AvgIpc) is 2.60. The molecule has 0 aliphatic carbocycles. The van der Waals surface area contributed by atoms with Crippen molar-refractivity contribution in [3.8, 4) is 12.3 Å². The van der Waals surface area contributed by atoms with Crippen molar-refractivity contribution in [3.63, 3.8) is 0 Å². The Hall–Kier alpha value is -2.75. The number of nitrogens with one attached hydrogen (secondary N) is 2. The van der Waals surface area contributed by atoms with E-state index in [-0.39, 0.29) is 30.7 Å². The van der Waals surface area contributed by atoms with Gasteiger partial charge in [0.15, 0.2) is 0 Å². The summed E-state index contributed by atoms with van der Waals surface area (Å²) < 4.78 is 5.21. The van der Waals surface area contributed by atoms with Crippen LogP contribution in [-0.4, -0.2) is 53.7 Å². The van der Waals surface area contributed by atoms with E-state index in [0.717, 1.165) is 12.8 Å². The van der Waals surface area contributed by atoms with Crippen LogP contribution in [0.25, 0.3) is 0 Å². The molecule has 134 valence electrons. The molecule has 25 heavy (non-hydrogen) atoms. The molecule has 1 aliphatic heterocycles. The number of hydrogen-bond donors (Lipinski definition) is 2. The number of nitrogens with zero attached hydrogens (tertiary/aromatic N) is 2. The highest BCUT2D eigenvalue weighted by atomic mass is 16.6. The molecule has 0 saturated carbocycles. The van der Waals surface area contributed by atoms with Crippen molar-refractivity contribution in [1.82, 2.24) is 15.2 Å². The standard InChI is InChI=1S/C18H24N4O3/c1-4-9-19-17(23)14-5-6-16(20-12-14)21-15-7-10-22(11-8-15)18(24)25-13(2)3/h1,5-6,12-13,15H,7-11H2,2-3H3,(H,19,23)(H,20,21). The third-order valence-corrected chi connectivity index (χ3v) is 3.82. The van der Waals surface area contributed by atoms with E-state index in [4.69, 9.17) is 11.2 Å². The minimum absolute atomic E-state index is 0.108. The van der Waals surface area contributed by atoms with Crippen LogP contribution in [0.15, 0.2) is 18.3 Å². The molecule has 2 N–H and O–H groups in total. The van der Waals surface area contributed by atoms with Crippen molar-refractivity contribution in [2.24, 2.45) is 0 Å². The number of terminal acetylenes is 1. The molecule has 0 unspecified atom stereocenters. The SMILES string of the molecule is C#CCNC(=O)c1ccc(NC2CCN(C(=O)OC(C)C)CC2)nc1. The van der Waals surface area contributed by atoms with Gasteiger partial charge < -0.3 is 20.3 Å². The maximum atomic E-state index is 11.9. The second-order valence-electron chi connectivity index (χ2n) is 6.16. The van der Waals surface area contributed by atoms with Crippen LogP contribution in [0.5, 0.6) is 0 Å². The lowest BCUT2D eigenvalue weighted by molar-refractivity contribution is 0.0701. The molecular formula is C18H24N4O3. The first kappa shape index (κ1) is 18.6. The molecular weight excluding hydrogens is 320 g/mol. The summed E-state index contributed by atoms with van der Waals surface area (Å²) in [5.74, 6) is 2.82. The van der Waals surface area contributed by atoms with Crippen LogP contribution in [0.3, 0.4) is 0 Å². The molecule has 2 amide bonds. The zero-order valence-electron chi connectivity index (χ0n) is 14.6. The number of rotatable bonds is 5. The van der Waals surface area contributed by atoms with E-state index in [1.165, 1.54) is 6.20 Å². The highest BCUT2D eigenvalue weighted by Gasteiger charge is 2.24. The Morgan fingerprint density at radius 1 is 1.40 bits per heavy atom. The van der Waals surface area contributed by atoms with E-state index < -0.39 is 0 Å². The molecule has 0 spiro atoms. The van der Waals surface area contributed by atoms with Gasteiger partial charge in [0.25, 0.3) is 5.91 Å². The molecule has 7 heteroatoms. The number of carbonyl (C=O) groups excluding carboxylic acids is 2. The number of aromatic nitrogens is 1. The summed E-state index contributed by atoms with van der Waals surface area (Å²) in [7, 11) is 0. The van der Waals surface area contributed by atoms with Crippen LogP contribution in [0.4, 0.5) is 10.6 Å². The predicted molar refractivity (Wildman–Crippen MR) is 95.2 cm³/mol. The minimum Gasteiger partial charge on any atom is -0.447 e. The Morgan fingerprint density at radius 3 is 2.68 bits per heavy atom. The van der Waals surface area contributed by atoms with Crippen molar-refractivity contribution in [1.29, 1.82) is 0 Å². The lowest BCUT2D eigenvalue weighted by Gasteiger charge is -2.32. The Labute approximate surface area is 148 Å². The number of amides is 2. The summed E-state index contributed by atoms with van der Waals surface area (Å²) in [6, 6.07) is 3.71. The summed E-state index contributed by atoms with van der Waals surface area (Å²) >= 11 is 0. The van der Waals surface area contributed by atoms with Crippen LogP contribution in [-0.2, 0) is 4.74 Å². The monoisotopic (exact) mass is 344 g/mol. The largest absolute Gasteiger partial charge is 0.447 e. The van der Waals surface area contributed by atoms with Crippen molar-refractivity contribution >= 4 is 17.8 Å². The van der Waals surface area contributed by atoms with Gasteiger partial charge in [0, 0.05) is 25.3 Å². The molecule has 1 aliphatic rings. The second-order valence-corrected chi connectivity index (χ2v) is 6.16. The van der Waals surface area contributed by atoms with Crippen LogP contribution in [0, 0.1) is 12.3 Å². The molecule has 0 bridgehead atoms. The van der Waals surface area contributed by atoms with E-state index in [1.54, 1.807) is 17.0 Å². The number of ether oxygens (including phenoxy) is 1. The van der Waals surface area contributed by atoms with Crippen molar-refractivity contribution < 1.29 is 14.3 Å². The Balaban J connectivity index is 1.81. The molecule has 7 nitrogen and oxygen atoms in total. The van der Waals surface area contributed by atoms with Crippen molar-refractivity contribution in [2.45, 2.75) is 38.8 Å². The van der Waals surface area contributed by atoms with Gasteiger partial charge in [-0.3, -0.25) is 4.79 Å². The van der Waals surface area contributed by atoms with E-state index >= 15 is 0 Å². The molecule has 1 saturated heterocycles. The number of likely N-dealkylation sites (tertiary alicyclic amines) is 1. The van der Waals surface area contributed by atoms with Gasteiger partial charge in [0.05, 0.1) is 18.2 Å². The normalized spacial score (nSPS) is 14.7. The van der Waals surface area contributed by atoms with Gasteiger partial charge in [0.2, 0.25) is 0 Å². The summed E-state index contributed by atoms with van der Waals surface area (Å²) in [5.41, 5.74) is 0.465. The number of anilines is 1. The molecule has 0 radical (unpaired) electrons. The fourth-order valence-corrected chi connectivity index (χ4v) is 2.54. The van der Waals surface area contributed by atoms with E-state index in [9.17, 15) is 9.59 Å². The maximum Gasteiger partial charge on any atom is 0.410 e. The van der Waals surface area contributed by atoms with Crippen LogP contribution >= 0.6 is 0 Å². The van der Waals surface area contributed by atoms with Gasteiger partial charge in [-0.25, -0.2) is 9.78 Å². The van der Waals surface area contributed by atoms with Gasteiger partial charge in [-0.2, -0.15) is 0 Å². The predicted octanol–water partition coefficient (Wildman–Crippen LogP) is 1.87. The highest BCUT2D eigenvalue weighted by Crippen LogP contribution is 2.16. The van der Waals surface area contributed by atoms with E-state index in [1.807, 2.05) is 13.8 Å². The van der Waals surface area contributed by atoms with Crippen molar-refractivity contribution in [2.75, 3.05) is 25.0 Å². The van der Waals surface area contributed by atoms with Gasteiger partial charge >= 0.3 is 6.09 Å². The fraction of sp³-hybridized carbons (Fsp3) is 0.500. The molecule has 1 aromatic heterocycles. The lowest BCUT2D eigenvalue weighted by atomic mass is 10.1. The zero-order valence-corrected chi connectivity index (χ0v) is 14.6. The summed E-state index contributed by atoms with van der Waals surface area (Å²) in [6.07, 6.45) is 7.90. The van der Waals surface area contributed by atoms with Gasteiger partial charge in [-0.05, 0) is 38.8 Å². The van der Waals surface area contributed by atoms with E-state index in [0.29, 0.717) is 24.5 Å².